The van der Waals surface area contributed by atoms with Gasteiger partial charge in [0.25, 0.3) is 0 Å². The molecule has 0 saturated carbocycles. The second-order valence-electron chi connectivity index (χ2n) is 6.42. The first-order valence-corrected chi connectivity index (χ1v) is 8.52. The molecule has 3 aromatic rings. The third-order valence-electron chi connectivity index (χ3n) is 4.83. The molecule has 0 aliphatic heterocycles. The van der Waals surface area contributed by atoms with E-state index in [1.807, 2.05) is 28.8 Å². The number of nitrogens with zero attached hydrogens (tertiary/aromatic N) is 2. The maximum absolute atomic E-state index is 11.0. The van der Waals surface area contributed by atoms with Crippen LogP contribution < -0.4 is 0 Å². The van der Waals surface area contributed by atoms with Crippen molar-refractivity contribution in [2.24, 2.45) is 0 Å². The number of imidazole rings is 1. The van der Waals surface area contributed by atoms with Gasteiger partial charge >= 0.3 is 5.97 Å². The van der Waals surface area contributed by atoms with Crippen LogP contribution in [0, 0.1) is 0 Å². The van der Waals surface area contributed by atoms with Crippen LogP contribution in [0.2, 0.25) is 0 Å². The zero-order chi connectivity index (χ0) is 16.5. The molecule has 4 rings (SSSR count). The first-order valence-electron chi connectivity index (χ1n) is 8.52. The molecule has 0 fully saturated rings. The van der Waals surface area contributed by atoms with E-state index in [0.717, 1.165) is 35.4 Å². The number of hydrogen-bond acceptors (Lipinski definition) is 2. The Kier molecular flexibility index (Phi) is 3.81. The van der Waals surface area contributed by atoms with E-state index < -0.39 is 5.97 Å². The van der Waals surface area contributed by atoms with Crippen molar-refractivity contribution in [1.29, 1.82) is 0 Å². The topological polar surface area (TPSA) is 54.6 Å². The summed E-state index contributed by atoms with van der Waals surface area (Å²) in [4.78, 5) is 15.8. The standard InChI is InChI=1S/C20H20N2O2/c23-19(24)11-10-17-20(21-18-7-3-4-12-22(17)18)16-9-8-14-5-1-2-6-15(14)13-16/h3-4,7-9,12-13H,1-2,5-6,10-11H2,(H,23,24). The van der Waals surface area contributed by atoms with Crippen molar-refractivity contribution in [3.63, 3.8) is 0 Å². The van der Waals surface area contributed by atoms with Crippen molar-refractivity contribution in [2.75, 3.05) is 0 Å². The van der Waals surface area contributed by atoms with Gasteiger partial charge in [0.1, 0.15) is 5.65 Å². The van der Waals surface area contributed by atoms with Crippen LogP contribution >= 0.6 is 0 Å². The van der Waals surface area contributed by atoms with Gasteiger partial charge in [0, 0.05) is 18.2 Å². The number of pyridine rings is 1. The van der Waals surface area contributed by atoms with Crippen LogP contribution in [-0.4, -0.2) is 20.5 Å². The number of carbonyl (C=O) groups is 1. The highest BCUT2D eigenvalue weighted by Crippen LogP contribution is 2.30. The van der Waals surface area contributed by atoms with Crippen molar-refractivity contribution in [2.45, 2.75) is 38.5 Å². The van der Waals surface area contributed by atoms with Crippen molar-refractivity contribution in [3.05, 3.63) is 59.4 Å². The van der Waals surface area contributed by atoms with Crippen molar-refractivity contribution < 1.29 is 9.90 Å². The predicted molar refractivity (Wildman–Crippen MR) is 93.2 cm³/mol. The molecule has 1 aromatic carbocycles. The molecular formula is C20H20N2O2. The lowest BCUT2D eigenvalue weighted by atomic mass is 9.89. The van der Waals surface area contributed by atoms with Crippen LogP contribution in [0.15, 0.2) is 42.6 Å². The lowest BCUT2D eigenvalue weighted by Gasteiger charge is -2.16. The zero-order valence-electron chi connectivity index (χ0n) is 13.5. The Labute approximate surface area is 140 Å². The molecule has 0 atom stereocenters. The highest BCUT2D eigenvalue weighted by molar-refractivity contribution is 5.71. The maximum Gasteiger partial charge on any atom is 0.303 e. The summed E-state index contributed by atoms with van der Waals surface area (Å²) < 4.78 is 2.01. The van der Waals surface area contributed by atoms with Crippen LogP contribution in [0.1, 0.15) is 36.1 Å². The van der Waals surface area contributed by atoms with Gasteiger partial charge < -0.3 is 9.51 Å². The molecule has 4 heteroatoms. The first kappa shape index (κ1) is 14.9. The van der Waals surface area contributed by atoms with Gasteiger partial charge in [-0.3, -0.25) is 4.79 Å². The zero-order valence-corrected chi connectivity index (χ0v) is 13.5. The Bertz CT molecular complexity index is 911. The Hall–Kier alpha value is -2.62. The average molecular weight is 320 g/mol. The molecule has 4 nitrogen and oxygen atoms in total. The van der Waals surface area contributed by atoms with Gasteiger partial charge in [0.2, 0.25) is 0 Å². The molecule has 1 aliphatic carbocycles. The fraction of sp³-hybridized carbons (Fsp3) is 0.300. The number of fused-ring (bicyclic) bond motifs is 2. The van der Waals surface area contributed by atoms with Gasteiger partial charge in [-0.15, -0.1) is 0 Å². The number of aromatic nitrogens is 2. The summed E-state index contributed by atoms with van der Waals surface area (Å²) >= 11 is 0. The van der Waals surface area contributed by atoms with E-state index >= 15 is 0 Å². The number of rotatable bonds is 4. The number of carboxylic acid groups (broad SMARTS) is 1. The van der Waals surface area contributed by atoms with E-state index in [1.165, 1.54) is 24.0 Å². The van der Waals surface area contributed by atoms with Crippen molar-refractivity contribution in [1.82, 2.24) is 9.38 Å². The summed E-state index contributed by atoms with van der Waals surface area (Å²) in [6.45, 7) is 0. The van der Waals surface area contributed by atoms with E-state index in [9.17, 15) is 4.79 Å². The van der Waals surface area contributed by atoms with Crippen molar-refractivity contribution >= 4 is 11.6 Å². The van der Waals surface area contributed by atoms with E-state index in [4.69, 9.17) is 10.1 Å². The first-order chi connectivity index (χ1) is 11.7. The van der Waals surface area contributed by atoms with Crippen LogP contribution in [0.4, 0.5) is 0 Å². The summed E-state index contributed by atoms with van der Waals surface area (Å²) in [6, 6.07) is 12.5. The van der Waals surface area contributed by atoms with E-state index in [1.54, 1.807) is 0 Å². The van der Waals surface area contributed by atoms with E-state index in [2.05, 4.69) is 18.2 Å². The minimum absolute atomic E-state index is 0.112. The summed E-state index contributed by atoms with van der Waals surface area (Å²) in [6.07, 6.45) is 7.35. The predicted octanol–water partition coefficient (Wildman–Crippen LogP) is 3.90. The molecule has 0 saturated heterocycles. The fourth-order valence-corrected chi connectivity index (χ4v) is 3.62. The quantitative estimate of drug-likeness (QED) is 0.793. The average Bonchev–Trinajstić information content (AvgIpc) is 2.98. The normalized spacial score (nSPS) is 13.8. The summed E-state index contributed by atoms with van der Waals surface area (Å²) in [7, 11) is 0. The second-order valence-corrected chi connectivity index (χ2v) is 6.42. The van der Waals surface area contributed by atoms with E-state index in [0.29, 0.717) is 6.42 Å². The maximum atomic E-state index is 11.0. The molecule has 0 unspecified atom stereocenters. The molecule has 24 heavy (non-hydrogen) atoms. The third kappa shape index (κ3) is 2.68. The van der Waals surface area contributed by atoms with Gasteiger partial charge in [-0.05, 0) is 55.0 Å². The third-order valence-corrected chi connectivity index (χ3v) is 4.83. The number of benzene rings is 1. The molecule has 1 N–H and O–H groups in total. The molecule has 0 spiro atoms. The van der Waals surface area contributed by atoms with E-state index in [-0.39, 0.29) is 6.42 Å². The summed E-state index contributed by atoms with van der Waals surface area (Å²) in [5.41, 5.74) is 6.71. The molecular weight excluding hydrogens is 300 g/mol. The van der Waals surface area contributed by atoms with Gasteiger partial charge in [0.15, 0.2) is 0 Å². The summed E-state index contributed by atoms with van der Waals surface area (Å²) in [5, 5.41) is 9.07. The molecule has 1 aliphatic rings. The molecule has 2 heterocycles. The Morgan fingerprint density at radius 2 is 1.96 bits per heavy atom. The SMILES string of the molecule is O=C(O)CCc1c(-c2ccc3c(c2)CCCC3)nc2ccccn12. The van der Waals surface area contributed by atoms with Gasteiger partial charge in [-0.2, -0.15) is 0 Å². The Morgan fingerprint density at radius 3 is 2.79 bits per heavy atom. The molecule has 0 radical (unpaired) electrons. The lowest BCUT2D eigenvalue weighted by molar-refractivity contribution is -0.136. The molecule has 2 aromatic heterocycles. The van der Waals surface area contributed by atoms with Crippen molar-refractivity contribution in [3.8, 4) is 11.3 Å². The van der Waals surface area contributed by atoms with Crippen LogP contribution in [0.5, 0.6) is 0 Å². The number of hydrogen-bond donors (Lipinski definition) is 1. The highest BCUT2D eigenvalue weighted by Gasteiger charge is 2.17. The lowest BCUT2D eigenvalue weighted by Crippen LogP contribution is -2.04. The molecule has 0 amide bonds. The minimum atomic E-state index is -0.780. The summed E-state index contributed by atoms with van der Waals surface area (Å²) in [5.74, 6) is -0.780. The molecule has 0 bridgehead atoms. The van der Waals surface area contributed by atoms with Crippen LogP contribution in [-0.2, 0) is 24.1 Å². The number of carboxylic acids is 1. The fourth-order valence-electron chi connectivity index (χ4n) is 3.62. The number of aliphatic carboxylic acids is 1. The number of aryl methyl sites for hydroxylation is 3. The van der Waals surface area contributed by atoms with Crippen LogP contribution in [0.3, 0.4) is 0 Å². The monoisotopic (exact) mass is 320 g/mol. The van der Waals surface area contributed by atoms with Gasteiger partial charge in [0.05, 0.1) is 17.8 Å². The second kappa shape index (κ2) is 6.11. The Balaban J connectivity index is 1.83. The van der Waals surface area contributed by atoms with Crippen LogP contribution in [0.25, 0.3) is 16.9 Å². The van der Waals surface area contributed by atoms with Gasteiger partial charge in [-0.1, -0.05) is 18.2 Å². The smallest absolute Gasteiger partial charge is 0.303 e. The Morgan fingerprint density at radius 1 is 1.12 bits per heavy atom. The largest absolute Gasteiger partial charge is 0.481 e. The van der Waals surface area contributed by atoms with Gasteiger partial charge in [-0.25, -0.2) is 4.98 Å². The minimum Gasteiger partial charge on any atom is -0.481 e. The highest BCUT2D eigenvalue weighted by atomic mass is 16.4. The molecule has 122 valence electrons.